The highest BCUT2D eigenvalue weighted by atomic mass is 14.8. The van der Waals surface area contributed by atoms with E-state index in [4.69, 9.17) is 0 Å². The van der Waals surface area contributed by atoms with Crippen LogP contribution in [0.3, 0.4) is 0 Å². The summed E-state index contributed by atoms with van der Waals surface area (Å²) in [6, 6.07) is 20.7. The van der Waals surface area contributed by atoms with Crippen molar-refractivity contribution in [1.82, 2.24) is 0 Å². The molecule has 0 fully saturated rings. The van der Waals surface area contributed by atoms with E-state index in [1.54, 1.807) is 0 Å². The minimum atomic E-state index is 0.167. The maximum absolute atomic E-state index is 4.57. The van der Waals surface area contributed by atoms with Crippen LogP contribution >= 0.6 is 0 Å². The molecule has 0 aliphatic heterocycles. The lowest BCUT2D eigenvalue weighted by Gasteiger charge is -2.02. The molecule has 0 aromatic heterocycles. The van der Waals surface area contributed by atoms with Gasteiger partial charge in [-0.2, -0.15) is 0 Å². The highest BCUT2D eigenvalue weighted by Crippen LogP contribution is 2.06. The zero-order valence-electron chi connectivity index (χ0n) is 15.3. The SMILES string of the molecule is C/C(C=NC[C@H](C)N=C/C(C)=C/c1ccccc1)=C\c1ccccc1. The average molecular weight is 330 g/mol. The third-order valence-corrected chi connectivity index (χ3v) is 3.59. The fraction of sp³-hybridized carbons (Fsp3) is 0.217. The van der Waals surface area contributed by atoms with Gasteiger partial charge in [0.25, 0.3) is 0 Å². The maximum atomic E-state index is 4.57. The molecule has 0 heterocycles. The smallest absolute Gasteiger partial charge is 0.0666 e. The Labute approximate surface area is 151 Å². The largest absolute Gasteiger partial charge is 0.291 e. The van der Waals surface area contributed by atoms with E-state index >= 15 is 0 Å². The van der Waals surface area contributed by atoms with Gasteiger partial charge < -0.3 is 0 Å². The van der Waals surface area contributed by atoms with Crippen LogP contribution in [0.2, 0.25) is 0 Å². The third kappa shape index (κ3) is 7.58. The highest BCUT2D eigenvalue weighted by Gasteiger charge is 1.95. The summed E-state index contributed by atoms with van der Waals surface area (Å²) in [6.07, 6.45) is 8.11. The van der Waals surface area contributed by atoms with E-state index < -0.39 is 0 Å². The monoisotopic (exact) mass is 330 g/mol. The van der Waals surface area contributed by atoms with E-state index in [0.717, 1.165) is 11.1 Å². The lowest BCUT2D eigenvalue weighted by atomic mass is 10.1. The van der Waals surface area contributed by atoms with Crippen LogP contribution in [0.4, 0.5) is 0 Å². The number of hydrogen-bond acceptors (Lipinski definition) is 2. The number of nitrogens with zero attached hydrogens (tertiary/aromatic N) is 2. The second kappa shape index (κ2) is 10.2. The number of allylic oxidation sites excluding steroid dienone is 2. The molecule has 128 valence electrons. The zero-order valence-corrected chi connectivity index (χ0v) is 15.3. The summed E-state index contributed by atoms with van der Waals surface area (Å²) in [5.74, 6) is 0. The first-order chi connectivity index (χ1) is 12.1. The summed E-state index contributed by atoms with van der Waals surface area (Å²) >= 11 is 0. The van der Waals surface area contributed by atoms with Crippen molar-refractivity contribution < 1.29 is 0 Å². The number of benzene rings is 2. The van der Waals surface area contributed by atoms with E-state index in [0.29, 0.717) is 6.54 Å². The number of aliphatic imine (C=N–C) groups is 2. The van der Waals surface area contributed by atoms with Gasteiger partial charge in [-0.05, 0) is 43.0 Å². The van der Waals surface area contributed by atoms with Crippen molar-refractivity contribution in [3.05, 3.63) is 82.9 Å². The molecule has 0 N–H and O–H groups in total. The first kappa shape index (κ1) is 18.6. The van der Waals surface area contributed by atoms with Crippen LogP contribution in [-0.2, 0) is 0 Å². The molecule has 2 aromatic carbocycles. The predicted molar refractivity (Wildman–Crippen MR) is 111 cm³/mol. The minimum absolute atomic E-state index is 0.167. The Balaban J connectivity index is 1.84. The van der Waals surface area contributed by atoms with Crippen molar-refractivity contribution in [3.63, 3.8) is 0 Å². The van der Waals surface area contributed by atoms with E-state index in [1.165, 1.54) is 11.1 Å². The van der Waals surface area contributed by atoms with Gasteiger partial charge in [0.15, 0.2) is 0 Å². The second-order valence-electron chi connectivity index (χ2n) is 6.22. The van der Waals surface area contributed by atoms with Gasteiger partial charge in [-0.25, -0.2) is 0 Å². The van der Waals surface area contributed by atoms with Crippen molar-refractivity contribution in [1.29, 1.82) is 0 Å². The molecule has 25 heavy (non-hydrogen) atoms. The van der Waals surface area contributed by atoms with E-state index in [-0.39, 0.29) is 6.04 Å². The Hall–Kier alpha value is -2.74. The normalized spacial score (nSPS) is 14.4. The van der Waals surface area contributed by atoms with Gasteiger partial charge in [0.05, 0.1) is 12.6 Å². The Kier molecular flexibility index (Phi) is 7.58. The van der Waals surface area contributed by atoms with Gasteiger partial charge in [-0.3, -0.25) is 9.98 Å². The lowest BCUT2D eigenvalue weighted by Crippen LogP contribution is -2.03. The van der Waals surface area contributed by atoms with Crippen LogP contribution in [0.15, 0.2) is 81.8 Å². The van der Waals surface area contributed by atoms with Crippen LogP contribution in [0, 0.1) is 0 Å². The summed E-state index contributed by atoms with van der Waals surface area (Å²) in [7, 11) is 0. The molecule has 0 saturated heterocycles. The molecular weight excluding hydrogens is 304 g/mol. The lowest BCUT2D eigenvalue weighted by molar-refractivity contribution is 0.761. The summed E-state index contributed by atoms with van der Waals surface area (Å²) in [5.41, 5.74) is 4.67. The van der Waals surface area contributed by atoms with Crippen LogP contribution in [0.25, 0.3) is 12.2 Å². The molecule has 2 nitrogen and oxygen atoms in total. The molecule has 2 heteroatoms. The summed E-state index contributed by atoms with van der Waals surface area (Å²) < 4.78 is 0. The molecule has 0 bridgehead atoms. The van der Waals surface area contributed by atoms with Gasteiger partial charge in [0.1, 0.15) is 0 Å². The molecule has 2 rings (SSSR count). The average Bonchev–Trinajstić information content (AvgIpc) is 2.62. The van der Waals surface area contributed by atoms with Crippen LogP contribution in [0.5, 0.6) is 0 Å². The van der Waals surface area contributed by atoms with Crippen molar-refractivity contribution in [2.45, 2.75) is 26.8 Å². The van der Waals surface area contributed by atoms with Crippen molar-refractivity contribution in [3.8, 4) is 0 Å². The zero-order chi connectivity index (χ0) is 17.9. The Morgan fingerprint density at radius 2 is 1.28 bits per heavy atom. The highest BCUT2D eigenvalue weighted by molar-refractivity contribution is 5.85. The minimum Gasteiger partial charge on any atom is -0.291 e. The molecule has 0 aliphatic carbocycles. The molecule has 2 aromatic rings. The molecule has 0 spiro atoms. The second-order valence-corrected chi connectivity index (χ2v) is 6.22. The van der Waals surface area contributed by atoms with Crippen LogP contribution in [-0.4, -0.2) is 25.0 Å². The first-order valence-corrected chi connectivity index (χ1v) is 8.63. The van der Waals surface area contributed by atoms with Gasteiger partial charge in [-0.15, -0.1) is 0 Å². The number of rotatable bonds is 7. The maximum Gasteiger partial charge on any atom is 0.0666 e. The molecule has 0 radical (unpaired) electrons. The summed E-state index contributed by atoms with van der Waals surface area (Å²) in [6.45, 7) is 6.91. The summed E-state index contributed by atoms with van der Waals surface area (Å²) in [4.78, 5) is 9.08. The molecule has 1 atom stereocenters. The molecule has 0 aliphatic rings. The Morgan fingerprint density at radius 1 is 0.800 bits per heavy atom. The summed E-state index contributed by atoms with van der Waals surface area (Å²) in [5, 5.41) is 0. The molecule has 0 amide bonds. The van der Waals surface area contributed by atoms with Gasteiger partial charge in [-0.1, -0.05) is 72.8 Å². The van der Waals surface area contributed by atoms with Crippen molar-refractivity contribution in [2.75, 3.05) is 6.54 Å². The Bertz CT molecular complexity index is 753. The fourth-order valence-electron chi connectivity index (χ4n) is 2.34. The van der Waals surface area contributed by atoms with E-state index in [1.807, 2.05) is 48.8 Å². The topological polar surface area (TPSA) is 24.7 Å². The van der Waals surface area contributed by atoms with Crippen LogP contribution < -0.4 is 0 Å². The van der Waals surface area contributed by atoms with Gasteiger partial charge >= 0.3 is 0 Å². The number of hydrogen-bond donors (Lipinski definition) is 0. The standard InChI is InChI=1S/C23H26N2/c1-19(14-22-10-6-4-7-11-22)16-24-18-21(3)25-17-20(2)15-23-12-8-5-9-13-23/h4-17,21H,18H2,1-3H3/b19-14+,20-15+,24-16?,25-17?/t21-/m0/s1. The van der Waals surface area contributed by atoms with E-state index in [9.17, 15) is 0 Å². The van der Waals surface area contributed by atoms with Crippen molar-refractivity contribution in [2.24, 2.45) is 9.98 Å². The fourth-order valence-corrected chi connectivity index (χ4v) is 2.34. The predicted octanol–water partition coefficient (Wildman–Crippen LogP) is 5.72. The quantitative estimate of drug-likeness (QED) is 0.580. The molecular formula is C23H26N2. The Morgan fingerprint density at radius 3 is 1.80 bits per heavy atom. The third-order valence-electron chi connectivity index (χ3n) is 3.59. The first-order valence-electron chi connectivity index (χ1n) is 8.63. The molecule has 0 saturated carbocycles. The van der Waals surface area contributed by atoms with Gasteiger partial charge in [0.2, 0.25) is 0 Å². The van der Waals surface area contributed by atoms with Crippen LogP contribution in [0.1, 0.15) is 31.9 Å². The van der Waals surface area contributed by atoms with Crippen molar-refractivity contribution >= 4 is 24.6 Å². The van der Waals surface area contributed by atoms with E-state index in [2.05, 4.69) is 67.2 Å². The van der Waals surface area contributed by atoms with Gasteiger partial charge in [0, 0.05) is 12.4 Å². The molecule has 0 unspecified atom stereocenters.